The van der Waals surface area contributed by atoms with Gasteiger partial charge in [-0.25, -0.2) is 21.9 Å². The highest BCUT2D eigenvalue weighted by atomic mass is 32.2. The highest BCUT2D eigenvalue weighted by Crippen LogP contribution is 2.46. The minimum atomic E-state index is -3.69. The van der Waals surface area contributed by atoms with E-state index in [0.717, 1.165) is 28.8 Å². The van der Waals surface area contributed by atoms with Gasteiger partial charge in [-0.15, -0.1) is 5.10 Å². The van der Waals surface area contributed by atoms with Gasteiger partial charge in [-0.1, -0.05) is 35.5 Å². The van der Waals surface area contributed by atoms with Gasteiger partial charge in [-0.2, -0.15) is 0 Å². The van der Waals surface area contributed by atoms with Gasteiger partial charge in [-0.3, -0.25) is 9.97 Å². The molecule has 39 heavy (non-hydrogen) atoms. The highest BCUT2D eigenvalue weighted by Gasteiger charge is 2.40. The lowest BCUT2D eigenvalue weighted by molar-refractivity contribution is -0.0493. The zero-order valence-corrected chi connectivity index (χ0v) is 22.7. The van der Waals surface area contributed by atoms with E-state index >= 15 is 0 Å². The van der Waals surface area contributed by atoms with Crippen LogP contribution in [0.3, 0.4) is 0 Å². The quantitative estimate of drug-likeness (QED) is 0.287. The number of halogens is 2. The van der Waals surface area contributed by atoms with E-state index in [1.54, 1.807) is 24.1 Å². The SMILES string of the molecule is Cc1nnn(C)c1-c1cnc2c3cncc(S(C)(=O)=O)c3n(C(c3ccccc3)C3CCC(F)(F)CC3)c2c1. The molecule has 0 aliphatic heterocycles. The van der Waals surface area contributed by atoms with Gasteiger partial charge in [0.05, 0.1) is 34.0 Å². The molecule has 5 aromatic rings. The fraction of sp³-hybridized carbons (Fsp3) is 0.357. The summed E-state index contributed by atoms with van der Waals surface area (Å²) in [7, 11) is -1.89. The summed E-state index contributed by atoms with van der Waals surface area (Å²) in [6.45, 7) is 1.86. The molecule has 1 aliphatic carbocycles. The van der Waals surface area contributed by atoms with Crippen molar-refractivity contribution in [3.05, 3.63) is 66.2 Å². The first-order valence-electron chi connectivity index (χ1n) is 12.8. The Morgan fingerprint density at radius 3 is 2.44 bits per heavy atom. The Bertz CT molecular complexity index is 1790. The van der Waals surface area contributed by atoms with Crippen molar-refractivity contribution >= 4 is 31.8 Å². The van der Waals surface area contributed by atoms with Crippen molar-refractivity contribution in [1.29, 1.82) is 0 Å². The molecule has 1 aliphatic rings. The predicted octanol–water partition coefficient (Wildman–Crippen LogP) is 5.51. The number of fused-ring (bicyclic) bond motifs is 3. The van der Waals surface area contributed by atoms with Crippen molar-refractivity contribution in [2.75, 3.05) is 6.26 Å². The molecular weight excluding hydrogens is 522 g/mol. The number of nitrogens with zero attached hydrogens (tertiary/aromatic N) is 6. The molecule has 1 fully saturated rings. The largest absolute Gasteiger partial charge is 0.330 e. The van der Waals surface area contributed by atoms with Crippen LogP contribution < -0.4 is 0 Å². The number of benzene rings is 1. The Morgan fingerprint density at radius 2 is 1.79 bits per heavy atom. The van der Waals surface area contributed by atoms with Gasteiger partial charge in [0.2, 0.25) is 5.92 Å². The average Bonchev–Trinajstić information content (AvgIpc) is 3.41. The second-order valence-corrected chi connectivity index (χ2v) is 12.4. The minimum Gasteiger partial charge on any atom is -0.330 e. The van der Waals surface area contributed by atoms with E-state index in [2.05, 4.69) is 15.3 Å². The first-order valence-corrected chi connectivity index (χ1v) is 14.7. The molecule has 0 radical (unpaired) electrons. The van der Waals surface area contributed by atoms with Crippen LogP contribution in [0.25, 0.3) is 33.2 Å². The van der Waals surface area contributed by atoms with Crippen molar-refractivity contribution in [3.8, 4) is 11.3 Å². The summed E-state index contributed by atoms with van der Waals surface area (Å²) in [6.07, 6.45) is 6.08. The zero-order chi connectivity index (χ0) is 27.5. The molecular formula is C28H28F2N6O2S. The molecule has 4 heterocycles. The number of pyridine rings is 2. The maximum absolute atomic E-state index is 14.3. The Morgan fingerprint density at radius 1 is 1.08 bits per heavy atom. The number of sulfone groups is 1. The Hall–Kier alpha value is -3.73. The second-order valence-electron chi connectivity index (χ2n) is 10.5. The molecule has 6 rings (SSSR count). The normalized spacial score (nSPS) is 17.2. The van der Waals surface area contributed by atoms with E-state index < -0.39 is 21.8 Å². The summed E-state index contributed by atoms with van der Waals surface area (Å²) in [6, 6.07) is 11.3. The van der Waals surface area contributed by atoms with E-state index in [1.807, 2.05) is 47.9 Å². The molecule has 0 N–H and O–H groups in total. The van der Waals surface area contributed by atoms with E-state index in [4.69, 9.17) is 4.98 Å². The number of hydrogen-bond donors (Lipinski definition) is 0. The second kappa shape index (κ2) is 9.18. The summed E-state index contributed by atoms with van der Waals surface area (Å²) in [5.41, 5.74) is 5.00. The van der Waals surface area contributed by atoms with Gasteiger partial charge >= 0.3 is 0 Å². The maximum Gasteiger partial charge on any atom is 0.248 e. The summed E-state index contributed by atoms with van der Waals surface area (Å²) >= 11 is 0. The van der Waals surface area contributed by atoms with Gasteiger partial charge in [0.15, 0.2) is 9.84 Å². The first-order chi connectivity index (χ1) is 18.5. The number of hydrogen-bond acceptors (Lipinski definition) is 6. The molecule has 0 amide bonds. The molecule has 4 aromatic heterocycles. The summed E-state index contributed by atoms with van der Waals surface area (Å²) in [4.78, 5) is 9.13. The standard InChI is InChI=1S/C28H28F2N6O2S/c1-17-25(35(2)34-33-17)20-13-22-24(32-14-20)21-15-31-16-23(39(3,37)38)27(21)36(22)26(18-7-5-4-6-8-18)19-9-11-28(29,30)12-10-19/h4-8,13-16,19,26H,9-12H2,1-3H3. The third kappa shape index (κ3) is 4.38. The van der Waals surface area contributed by atoms with E-state index in [0.29, 0.717) is 34.8 Å². The topological polar surface area (TPSA) is 95.6 Å². The van der Waals surface area contributed by atoms with Crippen molar-refractivity contribution in [2.45, 2.75) is 49.5 Å². The van der Waals surface area contributed by atoms with Crippen LogP contribution in [-0.2, 0) is 16.9 Å². The van der Waals surface area contributed by atoms with Crippen molar-refractivity contribution in [3.63, 3.8) is 0 Å². The lowest BCUT2D eigenvalue weighted by Crippen LogP contribution is -2.30. The van der Waals surface area contributed by atoms with Crippen LogP contribution in [0.1, 0.15) is 43.0 Å². The Balaban J connectivity index is 1.72. The summed E-state index contributed by atoms with van der Waals surface area (Å²) in [5, 5.41) is 8.90. The summed E-state index contributed by atoms with van der Waals surface area (Å²) in [5.74, 6) is -2.84. The molecule has 1 unspecified atom stereocenters. The Kier molecular flexibility index (Phi) is 6.01. The van der Waals surface area contributed by atoms with Crippen LogP contribution in [0.15, 0.2) is 59.9 Å². The Labute approximate surface area is 224 Å². The molecule has 0 saturated heterocycles. The third-order valence-electron chi connectivity index (χ3n) is 7.80. The van der Waals surface area contributed by atoms with Crippen LogP contribution in [0.4, 0.5) is 8.78 Å². The number of aryl methyl sites for hydroxylation is 2. The monoisotopic (exact) mass is 550 g/mol. The van der Waals surface area contributed by atoms with E-state index in [-0.39, 0.29) is 23.7 Å². The van der Waals surface area contributed by atoms with Gasteiger partial charge in [0, 0.05) is 55.7 Å². The zero-order valence-electron chi connectivity index (χ0n) is 21.8. The molecule has 0 bridgehead atoms. The number of aromatic nitrogens is 6. The van der Waals surface area contributed by atoms with Crippen LogP contribution in [0.2, 0.25) is 0 Å². The van der Waals surface area contributed by atoms with Crippen LogP contribution in [0, 0.1) is 12.8 Å². The van der Waals surface area contributed by atoms with Crippen LogP contribution in [-0.4, -0.2) is 50.1 Å². The molecule has 1 saturated carbocycles. The lowest BCUT2D eigenvalue weighted by Gasteiger charge is -2.36. The first kappa shape index (κ1) is 25.5. The van der Waals surface area contributed by atoms with Crippen LogP contribution >= 0.6 is 0 Å². The number of alkyl halides is 2. The van der Waals surface area contributed by atoms with Gasteiger partial charge in [-0.05, 0) is 37.3 Å². The fourth-order valence-electron chi connectivity index (χ4n) is 6.03. The van der Waals surface area contributed by atoms with Crippen molar-refractivity contribution in [1.82, 2.24) is 29.5 Å². The maximum atomic E-state index is 14.3. The molecule has 8 nitrogen and oxygen atoms in total. The van der Waals surface area contributed by atoms with Gasteiger partial charge in [0.1, 0.15) is 4.90 Å². The average molecular weight is 551 g/mol. The molecule has 1 atom stereocenters. The van der Waals surface area contributed by atoms with E-state index in [9.17, 15) is 17.2 Å². The third-order valence-corrected chi connectivity index (χ3v) is 8.90. The van der Waals surface area contributed by atoms with Gasteiger partial charge in [0.25, 0.3) is 0 Å². The summed E-state index contributed by atoms with van der Waals surface area (Å²) < 4.78 is 58.3. The predicted molar refractivity (Wildman–Crippen MR) is 144 cm³/mol. The van der Waals surface area contributed by atoms with Crippen molar-refractivity contribution < 1.29 is 17.2 Å². The molecule has 1 aromatic carbocycles. The number of rotatable bonds is 5. The smallest absolute Gasteiger partial charge is 0.248 e. The molecule has 11 heteroatoms. The van der Waals surface area contributed by atoms with Crippen molar-refractivity contribution in [2.24, 2.45) is 13.0 Å². The van der Waals surface area contributed by atoms with Crippen LogP contribution in [0.5, 0.6) is 0 Å². The molecule has 0 spiro atoms. The molecule has 202 valence electrons. The fourth-order valence-corrected chi connectivity index (χ4v) is 6.84. The lowest BCUT2D eigenvalue weighted by atomic mass is 9.79. The minimum absolute atomic E-state index is 0.0833. The highest BCUT2D eigenvalue weighted by molar-refractivity contribution is 7.91. The van der Waals surface area contributed by atoms with E-state index in [1.165, 1.54) is 6.20 Å². The van der Waals surface area contributed by atoms with Gasteiger partial charge < -0.3 is 4.57 Å².